The predicted octanol–water partition coefficient (Wildman–Crippen LogP) is 3.50. The molecular weight excluding hydrogens is 427 g/mol. The Morgan fingerprint density at radius 2 is 1.88 bits per heavy atom. The van der Waals surface area contributed by atoms with Crippen LogP contribution in [-0.2, 0) is 6.18 Å². The fourth-order valence-electron chi connectivity index (χ4n) is 3.44. The van der Waals surface area contributed by atoms with Crippen molar-refractivity contribution in [2.24, 2.45) is 0 Å². The lowest BCUT2D eigenvalue weighted by molar-refractivity contribution is -0.137. The predicted molar refractivity (Wildman–Crippen MR) is 112 cm³/mol. The molecular formula is C22H24F3N3O4. The van der Waals surface area contributed by atoms with Crippen LogP contribution in [0, 0.1) is 0 Å². The molecule has 0 radical (unpaired) electrons. The number of methoxy groups -OCH3 is 1. The molecule has 172 valence electrons. The molecule has 1 saturated heterocycles. The number of aliphatic hydroxyl groups is 1. The van der Waals surface area contributed by atoms with Gasteiger partial charge in [0, 0.05) is 24.3 Å². The number of nitrogens with zero attached hydrogens (tertiary/aromatic N) is 1. The second kappa shape index (κ2) is 9.90. The molecule has 10 heteroatoms. The molecule has 1 fully saturated rings. The van der Waals surface area contributed by atoms with E-state index in [1.165, 1.54) is 24.1 Å². The van der Waals surface area contributed by atoms with Crippen LogP contribution in [0.15, 0.2) is 48.5 Å². The summed E-state index contributed by atoms with van der Waals surface area (Å²) in [6.45, 7) is 0.296. The number of nitrogens with one attached hydrogen (secondary N) is 2. The van der Waals surface area contributed by atoms with E-state index in [0.29, 0.717) is 24.2 Å². The smallest absolute Gasteiger partial charge is 0.416 e. The largest absolute Gasteiger partial charge is 0.497 e. The van der Waals surface area contributed by atoms with Crippen LogP contribution in [0.5, 0.6) is 5.75 Å². The van der Waals surface area contributed by atoms with Crippen LogP contribution < -0.4 is 15.4 Å². The number of hydrogen-bond donors (Lipinski definition) is 3. The number of hydrogen-bond acceptors (Lipinski definition) is 4. The summed E-state index contributed by atoms with van der Waals surface area (Å²) in [5, 5.41) is 15.6. The Kier molecular flexibility index (Phi) is 7.24. The van der Waals surface area contributed by atoms with E-state index in [4.69, 9.17) is 4.74 Å². The highest BCUT2D eigenvalue weighted by Gasteiger charge is 2.32. The first kappa shape index (κ1) is 23.4. The molecule has 7 nitrogen and oxygen atoms in total. The second-order valence-corrected chi connectivity index (χ2v) is 7.47. The van der Waals surface area contributed by atoms with Crippen molar-refractivity contribution in [2.75, 3.05) is 25.5 Å². The lowest BCUT2D eigenvalue weighted by Crippen LogP contribution is -2.50. The van der Waals surface area contributed by atoms with Gasteiger partial charge in [0.15, 0.2) is 0 Å². The van der Waals surface area contributed by atoms with Gasteiger partial charge in [0.05, 0.1) is 24.8 Å². The molecule has 3 amide bonds. The molecule has 2 atom stereocenters. The summed E-state index contributed by atoms with van der Waals surface area (Å²) in [6.07, 6.45) is -4.55. The number of halogens is 3. The minimum absolute atomic E-state index is 0.00779. The van der Waals surface area contributed by atoms with Gasteiger partial charge in [-0.05, 0) is 55.3 Å². The van der Waals surface area contributed by atoms with E-state index in [-0.39, 0.29) is 18.8 Å². The number of benzene rings is 2. The first-order chi connectivity index (χ1) is 15.2. The van der Waals surface area contributed by atoms with Crippen molar-refractivity contribution in [3.8, 4) is 5.75 Å². The van der Waals surface area contributed by atoms with Gasteiger partial charge >= 0.3 is 12.2 Å². The maximum atomic E-state index is 12.9. The van der Waals surface area contributed by atoms with Gasteiger partial charge in [-0.25, -0.2) is 4.79 Å². The van der Waals surface area contributed by atoms with Gasteiger partial charge in [-0.15, -0.1) is 0 Å². The number of anilines is 1. The molecule has 0 bridgehead atoms. The van der Waals surface area contributed by atoms with Gasteiger partial charge in [0.2, 0.25) is 0 Å². The minimum atomic E-state index is -4.52. The monoisotopic (exact) mass is 451 g/mol. The summed E-state index contributed by atoms with van der Waals surface area (Å²) >= 11 is 0. The molecule has 2 unspecified atom stereocenters. The Bertz CT molecular complexity index is 950. The number of alkyl halides is 3. The van der Waals surface area contributed by atoms with Crippen LogP contribution in [-0.4, -0.2) is 54.3 Å². The Morgan fingerprint density at radius 3 is 2.53 bits per heavy atom. The quantitative estimate of drug-likeness (QED) is 0.664. The highest BCUT2D eigenvalue weighted by Crippen LogP contribution is 2.30. The van der Waals surface area contributed by atoms with Crippen LogP contribution in [0.4, 0.5) is 23.7 Å². The zero-order valence-electron chi connectivity index (χ0n) is 17.4. The van der Waals surface area contributed by atoms with Crippen molar-refractivity contribution in [1.82, 2.24) is 10.2 Å². The van der Waals surface area contributed by atoms with Gasteiger partial charge in [-0.3, -0.25) is 4.79 Å². The standard InChI is InChI=1S/C22H24F3N3O4/c1-32-17-9-7-14(8-10-17)20(30)27-18-13-28(11-3-6-19(18)29)21(31)26-16-5-2-4-15(12-16)22(23,24)25/h2,4-5,7-10,12,18-19,29H,3,6,11,13H2,1H3,(H,26,31)(H,27,30). The third kappa shape index (κ3) is 5.91. The van der Waals surface area contributed by atoms with Crippen molar-refractivity contribution in [3.63, 3.8) is 0 Å². The number of aliphatic hydroxyl groups excluding tert-OH is 1. The Balaban J connectivity index is 1.67. The summed E-state index contributed by atoms with van der Waals surface area (Å²) in [7, 11) is 1.51. The first-order valence-corrected chi connectivity index (χ1v) is 10.0. The van der Waals surface area contributed by atoms with E-state index in [1.54, 1.807) is 24.3 Å². The van der Waals surface area contributed by atoms with Crippen molar-refractivity contribution < 1.29 is 32.6 Å². The SMILES string of the molecule is COc1ccc(C(=O)NC2CN(C(=O)Nc3cccc(C(F)(F)F)c3)CCCC2O)cc1. The summed E-state index contributed by atoms with van der Waals surface area (Å²) in [5.41, 5.74) is -0.498. The lowest BCUT2D eigenvalue weighted by atomic mass is 10.1. The van der Waals surface area contributed by atoms with Gasteiger partial charge in [-0.1, -0.05) is 6.07 Å². The van der Waals surface area contributed by atoms with Crippen LogP contribution in [0.25, 0.3) is 0 Å². The maximum absolute atomic E-state index is 12.9. The van der Waals surface area contributed by atoms with Crippen molar-refractivity contribution in [2.45, 2.75) is 31.2 Å². The average Bonchev–Trinajstić information content (AvgIpc) is 2.95. The van der Waals surface area contributed by atoms with E-state index in [0.717, 1.165) is 12.1 Å². The number of amides is 3. The molecule has 0 spiro atoms. The summed E-state index contributed by atoms with van der Waals surface area (Å²) in [6, 6.07) is 9.42. The van der Waals surface area contributed by atoms with E-state index in [1.807, 2.05) is 0 Å². The Morgan fingerprint density at radius 1 is 1.16 bits per heavy atom. The molecule has 2 aromatic carbocycles. The van der Waals surface area contributed by atoms with Gasteiger partial charge < -0.3 is 25.4 Å². The summed E-state index contributed by atoms with van der Waals surface area (Å²) in [5.74, 6) is 0.172. The fraction of sp³-hybridized carbons (Fsp3) is 0.364. The van der Waals surface area contributed by atoms with Crippen LogP contribution >= 0.6 is 0 Å². The molecule has 0 aromatic heterocycles. The molecule has 0 aliphatic carbocycles. The maximum Gasteiger partial charge on any atom is 0.416 e. The molecule has 1 aliphatic rings. The van der Waals surface area contributed by atoms with Crippen molar-refractivity contribution in [3.05, 3.63) is 59.7 Å². The fourth-order valence-corrected chi connectivity index (χ4v) is 3.44. The van der Waals surface area contributed by atoms with Gasteiger partial charge in [0.1, 0.15) is 5.75 Å². The van der Waals surface area contributed by atoms with Crippen molar-refractivity contribution in [1.29, 1.82) is 0 Å². The van der Waals surface area contributed by atoms with Crippen molar-refractivity contribution >= 4 is 17.6 Å². The highest BCUT2D eigenvalue weighted by atomic mass is 19.4. The molecule has 3 N–H and O–H groups in total. The van der Waals surface area contributed by atoms with Crippen LogP contribution in [0.3, 0.4) is 0 Å². The number of carbonyl (C=O) groups excluding carboxylic acids is 2. The summed E-state index contributed by atoms with van der Waals surface area (Å²) in [4.78, 5) is 26.6. The molecule has 3 rings (SSSR count). The highest BCUT2D eigenvalue weighted by molar-refractivity contribution is 5.94. The minimum Gasteiger partial charge on any atom is -0.497 e. The number of ether oxygens (including phenoxy) is 1. The molecule has 32 heavy (non-hydrogen) atoms. The van der Waals surface area contributed by atoms with E-state index in [9.17, 15) is 27.9 Å². The molecule has 2 aromatic rings. The van der Waals surface area contributed by atoms with Crippen LogP contribution in [0.2, 0.25) is 0 Å². The lowest BCUT2D eigenvalue weighted by Gasteiger charge is -2.27. The first-order valence-electron chi connectivity index (χ1n) is 10.0. The third-order valence-electron chi connectivity index (χ3n) is 5.21. The molecule has 0 saturated carbocycles. The number of likely N-dealkylation sites (tertiary alicyclic amines) is 1. The number of rotatable bonds is 4. The third-order valence-corrected chi connectivity index (χ3v) is 5.21. The second-order valence-electron chi connectivity index (χ2n) is 7.47. The normalized spacial score (nSPS) is 19.1. The van der Waals surface area contributed by atoms with Gasteiger partial charge in [0.25, 0.3) is 5.91 Å². The van der Waals surface area contributed by atoms with E-state index >= 15 is 0 Å². The zero-order valence-corrected chi connectivity index (χ0v) is 17.4. The summed E-state index contributed by atoms with van der Waals surface area (Å²) < 4.78 is 43.8. The van der Waals surface area contributed by atoms with E-state index in [2.05, 4.69) is 10.6 Å². The van der Waals surface area contributed by atoms with Gasteiger partial charge in [-0.2, -0.15) is 13.2 Å². The molecule has 1 heterocycles. The topological polar surface area (TPSA) is 90.9 Å². The van der Waals surface area contributed by atoms with E-state index < -0.39 is 35.8 Å². The Labute approximate surface area is 183 Å². The molecule has 1 aliphatic heterocycles. The zero-order chi connectivity index (χ0) is 23.3. The van der Waals surface area contributed by atoms with Crippen LogP contribution in [0.1, 0.15) is 28.8 Å². The Hall–Kier alpha value is -3.27. The number of urea groups is 1. The number of carbonyl (C=O) groups is 2. The average molecular weight is 451 g/mol.